The van der Waals surface area contributed by atoms with Gasteiger partial charge >= 0.3 is 0 Å². The summed E-state index contributed by atoms with van der Waals surface area (Å²) in [6.07, 6.45) is 2.59. The van der Waals surface area contributed by atoms with Gasteiger partial charge in [0.05, 0.1) is 22.8 Å². The normalized spacial score (nSPS) is 14.2. The van der Waals surface area contributed by atoms with E-state index in [1.807, 2.05) is 18.2 Å². The van der Waals surface area contributed by atoms with E-state index in [1.54, 1.807) is 31.3 Å². The lowest BCUT2D eigenvalue weighted by atomic mass is 9.94. The molecule has 1 aromatic heterocycles. The second-order valence-corrected chi connectivity index (χ2v) is 10.6. The Hall–Kier alpha value is -2.61. The van der Waals surface area contributed by atoms with E-state index in [0.717, 1.165) is 23.3 Å². The highest BCUT2D eigenvalue weighted by molar-refractivity contribution is 7.90. The quantitative estimate of drug-likeness (QED) is 0.463. The SMILES string of the molecule is CCCS(=O)(=O)Cc1ccc(F)c(C(O)C2=CCc3ncc(-c4ccc(Cl)cc4)cc32)c1F. The van der Waals surface area contributed by atoms with E-state index in [0.29, 0.717) is 34.7 Å². The molecule has 8 heteroatoms. The number of fused-ring (bicyclic) bond motifs is 1. The van der Waals surface area contributed by atoms with Crippen molar-refractivity contribution < 1.29 is 22.3 Å². The van der Waals surface area contributed by atoms with E-state index >= 15 is 4.39 Å². The molecule has 0 radical (unpaired) electrons. The van der Waals surface area contributed by atoms with Crippen LogP contribution in [-0.2, 0) is 22.0 Å². The van der Waals surface area contributed by atoms with Crippen LogP contribution in [-0.4, -0.2) is 24.3 Å². The first-order valence-electron chi connectivity index (χ1n) is 10.5. The van der Waals surface area contributed by atoms with Gasteiger partial charge in [-0.05, 0) is 41.8 Å². The van der Waals surface area contributed by atoms with E-state index < -0.39 is 38.9 Å². The standard InChI is InChI=1S/C25H22ClF2NO3S/c1-2-11-33(31,32)14-16-5-9-21(27)23(24(16)28)25(30)19-8-10-22-20(19)12-17(13-29-22)15-3-6-18(26)7-4-15/h3-9,12-13,25,30H,2,10-11,14H2,1H3. The van der Waals surface area contributed by atoms with E-state index in [4.69, 9.17) is 11.6 Å². The molecule has 0 saturated heterocycles. The summed E-state index contributed by atoms with van der Waals surface area (Å²) in [5.74, 6) is -2.63. The number of rotatable bonds is 7. The first kappa shape index (κ1) is 23.5. The lowest BCUT2D eigenvalue weighted by Gasteiger charge is -2.18. The Kier molecular flexibility index (Phi) is 6.66. The molecule has 0 aliphatic heterocycles. The van der Waals surface area contributed by atoms with Gasteiger partial charge in [-0.2, -0.15) is 0 Å². The maximum absolute atomic E-state index is 15.2. The van der Waals surface area contributed by atoms with Crippen molar-refractivity contribution in [2.24, 2.45) is 0 Å². The molecule has 0 fully saturated rings. The minimum absolute atomic E-state index is 0.0978. The number of benzene rings is 2. The fourth-order valence-corrected chi connectivity index (χ4v) is 5.62. The van der Waals surface area contributed by atoms with Gasteiger partial charge in [-0.25, -0.2) is 17.2 Å². The van der Waals surface area contributed by atoms with Gasteiger partial charge in [0.2, 0.25) is 0 Å². The minimum Gasteiger partial charge on any atom is -0.383 e. The third-order valence-electron chi connectivity index (χ3n) is 5.64. The fraction of sp³-hybridized carbons (Fsp3) is 0.240. The van der Waals surface area contributed by atoms with Gasteiger partial charge in [-0.3, -0.25) is 4.98 Å². The maximum Gasteiger partial charge on any atom is 0.154 e. The lowest BCUT2D eigenvalue weighted by Crippen LogP contribution is -2.13. The Labute approximate surface area is 196 Å². The van der Waals surface area contributed by atoms with Crippen molar-refractivity contribution in [1.29, 1.82) is 0 Å². The summed E-state index contributed by atoms with van der Waals surface area (Å²) in [7, 11) is -3.55. The number of hydrogen-bond donors (Lipinski definition) is 1. The summed E-state index contributed by atoms with van der Waals surface area (Å²) in [6.45, 7) is 1.71. The molecule has 0 amide bonds. The number of hydrogen-bond acceptors (Lipinski definition) is 4. The predicted octanol–water partition coefficient (Wildman–Crippen LogP) is 5.68. The zero-order valence-corrected chi connectivity index (χ0v) is 19.4. The largest absolute Gasteiger partial charge is 0.383 e. The predicted molar refractivity (Wildman–Crippen MR) is 125 cm³/mol. The number of aliphatic hydroxyl groups excluding tert-OH is 1. The van der Waals surface area contributed by atoms with Crippen molar-refractivity contribution in [2.45, 2.75) is 31.6 Å². The van der Waals surface area contributed by atoms with Gasteiger partial charge in [0.15, 0.2) is 9.84 Å². The van der Waals surface area contributed by atoms with Crippen LogP contribution in [0.1, 0.15) is 41.8 Å². The van der Waals surface area contributed by atoms with Gasteiger partial charge in [-0.15, -0.1) is 0 Å². The fourth-order valence-electron chi connectivity index (χ4n) is 4.03. The summed E-state index contributed by atoms with van der Waals surface area (Å²) in [5, 5.41) is 11.6. The molecule has 0 saturated carbocycles. The zero-order valence-electron chi connectivity index (χ0n) is 17.9. The Morgan fingerprint density at radius 1 is 1.12 bits per heavy atom. The third-order valence-corrected chi connectivity index (χ3v) is 7.67. The van der Waals surface area contributed by atoms with Crippen LogP contribution in [0.2, 0.25) is 5.02 Å². The molecular weight excluding hydrogens is 468 g/mol. The number of sulfone groups is 1. The number of aliphatic hydroxyl groups is 1. The number of pyridine rings is 1. The number of nitrogens with zero attached hydrogens (tertiary/aromatic N) is 1. The monoisotopic (exact) mass is 489 g/mol. The van der Waals surface area contributed by atoms with Gasteiger partial charge in [0, 0.05) is 34.3 Å². The van der Waals surface area contributed by atoms with Gasteiger partial charge in [0.25, 0.3) is 0 Å². The third kappa shape index (κ3) is 4.86. The molecule has 0 bridgehead atoms. The number of aromatic nitrogens is 1. The van der Waals surface area contributed by atoms with E-state index in [9.17, 15) is 17.9 Å². The molecule has 4 rings (SSSR count). The Bertz CT molecular complexity index is 1340. The average Bonchev–Trinajstić information content (AvgIpc) is 3.19. The highest BCUT2D eigenvalue weighted by Gasteiger charge is 2.29. The van der Waals surface area contributed by atoms with Crippen LogP contribution in [0.3, 0.4) is 0 Å². The molecular formula is C25H22ClF2NO3S. The maximum atomic E-state index is 15.2. The van der Waals surface area contributed by atoms with Crippen molar-refractivity contribution in [1.82, 2.24) is 4.98 Å². The van der Waals surface area contributed by atoms with Crippen LogP contribution >= 0.6 is 11.6 Å². The van der Waals surface area contributed by atoms with E-state index in [2.05, 4.69) is 4.98 Å². The van der Waals surface area contributed by atoms with Gasteiger partial charge in [-0.1, -0.05) is 42.8 Å². The van der Waals surface area contributed by atoms with Crippen molar-refractivity contribution in [3.05, 3.63) is 93.8 Å². The first-order valence-corrected chi connectivity index (χ1v) is 12.7. The number of halogens is 3. The van der Waals surface area contributed by atoms with Crippen molar-refractivity contribution in [3.8, 4) is 11.1 Å². The van der Waals surface area contributed by atoms with Crippen LogP contribution < -0.4 is 0 Å². The molecule has 0 spiro atoms. The van der Waals surface area contributed by atoms with E-state index in [1.165, 1.54) is 0 Å². The zero-order chi connectivity index (χ0) is 23.8. The van der Waals surface area contributed by atoms with Crippen LogP contribution in [0.5, 0.6) is 0 Å². The number of allylic oxidation sites excluding steroid dienone is 1. The van der Waals surface area contributed by atoms with E-state index in [-0.39, 0.29) is 11.3 Å². The molecule has 1 aliphatic carbocycles. The summed E-state index contributed by atoms with van der Waals surface area (Å²) in [6, 6.07) is 11.1. The Morgan fingerprint density at radius 3 is 2.55 bits per heavy atom. The molecule has 1 N–H and O–H groups in total. The molecule has 2 aromatic carbocycles. The van der Waals surface area contributed by atoms with Crippen molar-refractivity contribution in [2.75, 3.05) is 5.75 Å². The lowest BCUT2D eigenvalue weighted by molar-refractivity contribution is 0.226. The van der Waals surface area contributed by atoms with Gasteiger partial charge < -0.3 is 5.11 Å². The second-order valence-electron chi connectivity index (χ2n) is 8.02. The summed E-state index contributed by atoms with van der Waals surface area (Å²) in [5.41, 5.74) is 2.52. The molecule has 172 valence electrons. The highest BCUT2D eigenvalue weighted by atomic mass is 35.5. The Balaban J connectivity index is 1.71. The van der Waals surface area contributed by atoms with Crippen LogP contribution in [0.4, 0.5) is 8.78 Å². The minimum atomic E-state index is -3.55. The topological polar surface area (TPSA) is 67.3 Å². The molecule has 3 aromatic rings. The summed E-state index contributed by atoms with van der Waals surface area (Å²) < 4.78 is 54.3. The average molecular weight is 490 g/mol. The molecule has 1 unspecified atom stereocenters. The highest BCUT2D eigenvalue weighted by Crippen LogP contribution is 2.40. The summed E-state index contributed by atoms with van der Waals surface area (Å²) >= 11 is 5.96. The molecule has 1 heterocycles. The Morgan fingerprint density at radius 2 is 1.85 bits per heavy atom. The van der Waals surface area contributed by atoms with Crippen molar-refractivity contribution in [3.63, 3.8) is 0 Å². The van der Waals surface area contributed by atoms with Crippen LogP contribution in [0.15, 0.2) is 54.7 Å². The van der Waals surface area contributed by atoms with Crippen molar-refractivity contribution >= 4 is 27.0 Å². The first-order chi connectivity index (χ1) is 15.7. The molecule has 1 aliphatic rings. The summed E-state index contributed by atoms with van der Waals surface area (Å²) in [4.78, 5) is 4.45. The van der Waals surface area contributed by atoms with Gasteiger partial charge in [0.1, 0.15) is 17.7 Å². The smallest absolute Gasteiger partial charge is 0.154 e. The van der Waals surface area contributed by atoms with Crippen LogP contribution in [0.25, 0.3) is 16.7 Å². The van der Waals surface area contributed by atoms with Crippen LogP contribution in [0, 0.1) is 11.6 Å². The molecule has 1 atom stereocenters. The molecule has 4 nitrogen and oxygen atoms in total. The molecule has 33 heavy (non-hydrogen) atoms. The second kappa shape index (κ2) is 9.33.